The Morgan fingerprint density at radius 3 is 2.42 bits per heavy atom. The summed E-state index contributed by atoms with van der Waals surface area (Å²) in [6.07, 6.45) is 0. The molecule has 140 valence electrons. The standard InChI is InChI=1S/C19H25BrN4O2/c1-13(2)17-16(20)18(22-21-17)19(25)24-10-8-23(9-11-24)12-14-4-6-15(26-3)7-5-14/h4-7,13H,8-12H2,1-3H3,(H,21,22). The van der Waals surface area contributed by atoms with E-state index in [2.05, 4.69) is 57.0 Å². The van der Waals surface area contributed by atoms with Gasteiger partial charge in [-0.3, -0.25) is 14.8 Å². The van der Waals surface area contributed by atoms with Gasteiger partial charge in [0.2, 0.25) is 0 Å². The van der Waals surface area contributed by atoms with E-state index in [0.717, 1.165) is 35.6 Å². The Morgan fingerprint density at radius 1 is 1.23 bits per heavy atom. The second-order valence-electron chi connectivity index (χ2n) is 6.87. The number of rotatable bonds is 5. The monoisotopic (exact) mass is 420 g/mol. The van der Waals surface area contributed by atoms with Crippen LogP contribution in [0.3, 0.4) is 0 Å². The zero-order valence-electron chi connectivity index (χ0n) is 15.5. The molecule has 3 rings (SSSR count). The molecule has 7 heteroatoms. The van der Waals surface area contributed by atoms with Crippen molar-refractivity contribution in [3.8, 4) is 5.75 Å². The third-order valence-corrected chi connectivity index (χ3v) is 5.54. The van der Waals surface area contributed by atoms with E-state index in [9.17, 15) is 4.79 Å². The number of benzene rings is 1. The highest BCUT2D eigenvalue weighted by Crippen LogP contribution is 2.26. The maximum Gasteiger partial charge on any atom is 0.275 e. The Morgan fingerprint density at radius 2 is 1.88 bits per heavy atom. The van der Waals surface area contributed by atoms with E-state index in [1.54, 1.807) is 7.11 Å². The summed E-state index contributed by atoms with van der Waals surface area (Å²) in [7, 11) is 1.67. The Kier molecular flexibility index (Phi) is 5.98. The van der Waals surface area contributed by atoms with Crippen LogP contribution in [0.25, 0.3) is 0 Å². The highest BCUT2D eigenvalue weighted by molar-refractivity contribution is 9.10. The molecule has 1 amide bonds. The van der Waals surface area contributed by atoms with Crippen molar-refractivity contribution < 1.29 is 9.53 Å². The maximum atomic E-state index is 12.8. The van der Waals surface area contributed by atoms with Gasteiger partial charge in [-0.15, -0.1) is 0 Å². The molecule has 0 bridgehead atoms. The lowest BCUT2D eigenvalue weighted by atomic mass is 10.1. The fraction of sp³-hybridized carbons (Fsp3) is 0.474. The molecule has 0 radical (unpaired) electrons. The number of nitrogens with one attached hydrogen (secondary N) is 1. The van der Waals surface area contributed by atoms with Crippen LogP contribution in [0.4, 0.5) is 0 Å². The average Bonchev–Trinajstić information content (AvgIpc) is 3.04. The minimum Gasteiger partial charge on any atom is -0.497 e. The molecule has 1 fully saturated rings. The minimum atomic E-state index is -0.0101. The molecule has 1 saturated heterocycles. The molecule has 1 aromatic heterocycles. The second kappa shape index (κ2) is 8.22. The molecule has 2 aromatic rings. The summed E-state index contributed by atoms with van der Waals surface area (Å²) >= 11 is 3.53. The lowest BCUT2D eigenvalue weighted by Crippen LogP contribution is -2.48. The van der Waals surface area contributed by atoms with Gasteiger partial charge in [0.15, 0.2) is 5.69 Å². The Bertz CT molecular complexity index is 749. The number of nitrogens with zero attached hydrogens (tertiary/aromatic N) is 3. The number of aromatic amines is 1. The smallest absolute Gasteiger partial charge is 0.275 e. The first-order chi connectivity index (χ1) is 12.5. The first-order valence-electron chi connectivity index (χ1n) is 8.88. The lowest BCUT2D eigenvalue weighted by molar-refractivity contribution is 0.0621. The highest BCUT2D eigenvalue weighted by Gasteiger charge is 2.27. The van der Waals surface area contributed by atoms with Gasteiger partial charge < -0.3 is 9.64 Å². The van der Waals surface area contributed by atoms with Crippen molar-refractivity contribution >= 4 is 21.8 Å². The number of piperazine rings is 1. The largest absolute Gasteiger partial charge is 0.497 e. The van der Waals surface area contributed by atoms with Gasteiger partial charge in [-0.1, -0.05) is 26.0 Å². The number of H-pyrrole nitrogens is 1. The molecule has 0 atom stereocenters. The molecule has 1 N–H and O–H groups in total. The number of methoxy groups -OCH3 is 1. The predicted molar refractivity (Wildman–Crippen MR) is 105 cm³/mol. The van der Waals surface area contributed by atoms with E-state index in [1.165, 1.54) is 5.56 Å². The summed E-state index contributed by atoms with van der Waals surface area (Å²) < 4.78 is 5.99. The van der Waals surface area contributed by atoms with Gasteiger partial charge >= 0.3 is 0 Å². The van der Waals surface area contributed by atoms with Gasteiger partial charge in [0, 0.05) is 32.7 Å². The fourth-order valence-electron chi connectivity index (χ4n) is 3.11. The number of carbonyl (C=O) groups excluding carboxylic acids is 1. The SMILES string of the molecule is COc1ccc(CN2CCN(C(=O)c3n[nH]c(C(C)C)c3Br)CC2)cc1. The summed E-state index contributed by atoms with van der Waals surface area (Å²) in [5.74, 6) is 1.15. The van der Waals surface area contributed by atoms with E-state index in [4.69, 9.17) is 4.74 Å². The third-order valence-electron chi connectivity index (χ3n) is 4.74. The molecule has 1 aliphatic heterocycles. The molecule has 0 saturated carbocycles. The molecule has 1 aliphatic rings. The van der Waals surface area contributed by atoms with Crippen molar-refractivity contribution in [2.75, 3.05) is 33.3 Å². The topological polar surface area (TPSA) is 61.5 Å². The minimum absolute atomic E-state index is 0.0101. The molecule has 26 heavy (non-hydrogen) atoms. The molecular weight excluding hydrogens is 396 g/mol. The van der Waals surface area contributed by atoms with Gasteiger partial charge in [0.25, 0.3) is 5.91 Å². The number of hydrogen-bond acceptors (Lipinski definition) is 4. The van der Waals surface area contributed by atoms with Gasteiger partial charge in [0.05, 0.1) is 17.3 Å². The summed E-state index contributed by atoms with van der Waals surface area (Å²) in [4.78, 5) is 17.0. The average molecular weight is 421 g/mol. The van der Waals surface area contributed by atoms with E-state index in [1.807, 2.05) is 17.0 Å². The van der Waals surface area contributed by atoms with Crippen molar-refractivity contribution in [2.45, 2.75) is 26.3 Å². The number of carbonyl (C=O) groups is 1. The number of aromatic nitrogens is 2. The Labute approximate surface area is 162 Å². The van der Waals surface area contributed by atoms with Crippen molar-refractivity contribution in [2.24, 2.45) is 0 Å². The predicted octanol–water partition coefficient (Wildman–Crippen LogP) is 3.26. The van der Waals surface area contributed by atoms with E-state index in [-0.39, 0.29) is 5.91 Å². The number of amides is 1. The fourth-order valence-corrected chi connectivity index (χ4v) is 3.92. The van der Waals surface area contributed by atoms with Crippen LogP contribution in [-0.4, -0.2) is 59.2 Å². The van der Waals surface area contributed by atoms with Crippen LogP contribution < -0.4 is 4.74 Å². The lowest BCUT2D eigenvalue weighted by Gasteiger charge is -2.34. The quantitative estimate of drug-likeness (QED) is 0.805. The summed E-state index contributed by atoms with van der Waals surface area (Å²) in [5.41, 5.74) is 2.70. The van der Waals surface area contributed by atoms with Gasteiger partial charge in [0.1, 0.15) is 5.75 Å². The summed E-state index contributed by atoms with van der Waals surface area (Å²) in [6.45, 7) is 8.18. The van der Waals surface area contributed by atoms with Gasteiger partial charge in [-0.25, -0.2) is 0 Å². The maximum absolute atomic E-state index is 12.8. The molecular formula is C19H25BrN4O2. The van der Waals surface area contributed by atoms with Crippen molar-refractivity contribution in [1.29, 1.82) is 0 Å². The molecule has 1 aromatic carbocycles. The first kappa shape index (κ1) is 18.9. The van der Waals surface area contributed by atoms with Crippen LogP contribution in [0.15, 0.2) is 28.7 Å². The Hall–Kier alpha value is -1.86. The summed E-state index contributed by atoms with van der Waals surface area (Å²) in [5, 5.41) is 7.21. The van der Waals surface area contributed by atoms with Crippen molar-refractivity contribution in [3.05, 3.63) is 45.7 Å². The molecule has 0 aliphatic carbocycles. The highest BCUT2D eigenvalue weighted by atomic mass is 79.9. The van der Waals surface area contributed by atoms with Crippen LogP contribution in [-0.2, 0) is 6.54 Å². The first-order valence-corrected chi connectivity index (χ1v) is 9.67. The van der Waals surface area contributed by atoms with E-state index >= 15 is 0 Å². The van der Waals surface area contributed by atoms with Crippen molar-refractivity contribution in [3.63, 3.8) is 0 Å². The number of ether oxygens (including phenoxy) is 1. The zero-order chi connectivity index (χ0) is 18.7. The zero-order valence-corrected chi connectivity index (χ0v) is 17.0. The van der Waals surface area contributed by atoms with Gasteiger partial charge in [-0.05, 0) is 39.5 Å². The second-order valence-corrected chi connectivity index (χ2v) is 7.66. The number of halogens is 1. The number of hydrogen-bond donors (Lipinski definition) is 1. The molecule has 0 unspecified atom stereocenters. The molecule has 2 heterocycles. The van der Waals surface area contributed by atoms with Crippen LogP contribution >= 0.6 is 15.9 Å². The van der Waals surface area contributed by atoms with E-state index < -0.39 is 0 Å². The summed E-state index contributed by atoms with van der Waals surface area (Å²) in [6, 6.07) is 8.14. The Balaban J connectivity index is 1.56. The van der Waals surface area contributed by atoms with Gasteiger partial charge in [-0.2, -0.15) is 5.10 Å². The van der Waals surface area contributed by atoms with Crippen LogP contribution in [0.5, 0.6) is 5.75 Å². The molecule has 6 nitrogen and oxygen atoms in total. The van der Waals surface area contributed by atoms with Crippen LogP contribution in [0.2, 0.25) is 0 Å². The normalized spacial score (nSPS) is 15.5. The van der Waals surface area contributed by atoms with Crippen molar-refractivity contribution in [1.82, 2.24) is 20.0 Å². The van der Waals surface area contributed by atoms with Crippen LogP contribution in [0.1, 0.15) is 41.5 Å². The molecule has 0 spiro atoms. The van der Waals surface area contributed by atoms with E-state index in [0.29, 0.717) is 24.7 Å². The third kappa shape index (κ3) is 4.10. The van der Waals surface area contributed by atoms with Crippen LogP contribution in [0, 0.1) is 0 Å².